The van der Waals surface area contributed by atoms with E-state index in [1.165, 1.54) is 135 Å². The first-order valence-electron chi connectivity index (χ1n) is 24.7. The highest BCUT2D eigenvalue weighted by Crippen LogP contribution is 2.18. The summed E-state index contributed by atoms with van der Waals surface area (Å²) < 4.78 is 6.03. The molecule has 2 unspecified atom stereocenters. The number of aliphatic carboxylic acids is 1. The molecule has 0 saturated heterocycles. The summed E-state index contributed by atoms with van der Waals surface area (Å²) in [4.78, 5) is 47.7. The van der Waals surface area contributed by atoms with Crippen LogP contribution in [0.5, 0.6) is 0 Å². The van der Waals surface area contributed by atoms with Crippen molar-refractivity contribution in [2.24, 2.45) is 0 Å². The number of allylic oxidation sites excluding steroid dienone is 4. The smallest absolute Gasteiger partial charge is 0.328 e. The molecule has 0 aliphatic rings. The minimum Gasteiger partial charge on any atom is -0.480 e. The predicted molar refractivity (Wildman–Crippen MR) is 245 cm³/mol. The molecule has 0 rings (SSSR count). The molecule has 0 saturated carbocycles. The molecule has 0 aromatic carbocycles. The van der Waals surface area contributed by atoms with E-state index in [1.54, 1.807) is 0 Å². The molecule has 9 heteroatoms. The van der Waals surface area contributed by atoms with Crippen LogP contribution in [0, 0.1) is 0 Å². The van der Waals surface area contributed by atoms with Gasteiger partial charge in [0.1, 0.15) is 12.1 Å². The fourth-order valence-electron chi connectivity index (χ4n) is 7.40. The van der Waals surface area contributed by atoms with Crippen molar-refractivity contribution < 1.29 is 34.1 Å². The van der Waals surface area contributed by atoms with E-state index in [4.69, 9.17) is 14.9 Å². The Hall–Kier alpha value is -2.68. The number of aliphatic hydroxyl groups is 1. The molecule has 344 valence electrons. The molecular formula is C50H92N2O7. The van der Waals surface area contributed by atoms with Crippen molar-refractivity contribution in [2.75, 3.05) is 13.2 Å². The largest absolute Gasteiger partial charge is 0.480 e. The van der Waals surface area contributed by atoms with E-state index in [0.717, 1.165) is 77.0 Å². The van der Waals surface area contributed by atoms with Crippen molar-refractivity contribution >= 4 is 23.8 Å². The molecule has 4 N–H and O–H groups in total. The van der Waals surface area contributed by atoms with E-state index in [-0.39, 0.29) is 30.9 Å². The van der Waals surface area contributed by atoms with Crippen molar-refractivity contribution in [1.82, 2.24) is 10.6 Å². The SMILES string of the molecule is CCCCC/C=C\C/C=C\CCCC(CCCCCCCC(=O)NCC(=O)NC(CO)C(=O)O)OC(=O)CCCCCCCCCCCCCCCCCCCCCC. The molecule has 0 fully saturated rings. The summed E-state index contributed by atoms with van der Waals surface area (Å²) in [6.45, 7) is 3.47. The Kier molecular flexibility index (Phi) is 42.8. The third kappa shape index (κ3) is 41.8. The number of esters is 1. The van der Waals surface area contributed by atoms with Crippen LogP contribution in [-0.2, 0) is 23.9 Å². The first-order valence-corrected chi connectivity index (χ1v) is 24.7. The van der Waals surface area contributed by atoms with E-state index in [9.17, 15) is 19.2 Å². The van der Waals surface area contributed by atoms with Crippen molar-refractivity contribution in [3.63, 3.8) is 0 Å². The van der Waals surface area contributed by atoms with Crippen molar-refractivity contribution in [2.45, 2.75) is 257 Å². The van der Waals surface area contributed by atoms with Gasteiger partial charge in [-0.3, -0.25) is 14.4 Å². The maximum Gasteiger partial charge on any atom is 0.328 e. The Morgan fingerprint density at radius 2 is 0.932 bits per heavy atom. The zero-order valence-electron chi connectivity index (χ0n) is 38.3. The fraction of sp³-hybridized carbons (Fsp3) is 0.840. The van der Waals surface area contributed by atoms with Crippen molar-refractivity contribution in [3.05, 3.63) is 24.3 Å². The zero-order chi connectivity index (χ0) is 43.3. The molecule has 0 aliphatic heterocycles. The Morgan fingerprint density at radius 3 is 1.42 bits per heavy atom. The van der Waals surface area contributed by atoms with Gasteiger partial charge in [-0.15, -0.1) is 0 Å². The number of carbonyl (C=O) groups excluding carboxylic acids is 3. The van der Waals surface area contributed by atoms with Crippen LogP contribution in [0.1, 0.15) is 245 Å². The molecule has 0 aromatic heterocycles. The highest BCUT2D eigenvalue weighted by Gasteiger charge is 2.19. The molecule has 0 heterocycles. The average Bonchev–Trinajstić information content (AvgIpc) is 3.22. The van der Waals surface area contributed by atoms with Crippen molar-refractivity contribution in [3.8, 4) is 0 Å². The van der Waals surface area contributed by atoms with Gasteiger partial charge >= 0.3 is 11.9 Å². The van der Waals surface area contributed by atoms with Gasteiger partial charge in [-0.1, -0.05) is 192 Å². The molecule has 0 aliphatic carbocycles. The number of rotatable bonds is 45. The lowest BCUT2D eigenvalue weighted by molar-refractivity contribution is -0.150. The van der Waals surface area contributed by atoms with E-state index >= 15 is 0 Å². The van der Waals surface area contributed by atoms with Crippen LogP contribution in [0.2, 0.25) is 0 Å². The normalized spacial score (nSPS) is 12.6. The number of hydrogen-bond donors (Lipinski definition) is 4. The van der Waals surface area contributed by atoms with Crippen LogP contribution in [0.4, 0.5) is 0 Å². The Labute approximate surface area is 362 Å². The van der Waals surface area contributed by atoms with E-state index < -0.39 is 24.5 Å². The monoisotopic (exact) mass is 833 g/mol. The highest BCUT2D eigenvalue weighted by atomic mass is 16.5. The van der Waals surface area contributed by atoms with Gasteiger partial charge in [0.15, 0.2) is 0 Å². The quantitative estimate of drug-likeness (QED) is 0.0272. The summed E-state index contributed by atoms with van der Waals surface area (Å²) in [6.07, 6.45) is 50.8. The summed E-state index contributed by atoms with van der Waals surface area (Å²) in [6, 6.07) is -1.38. The molecule has 0 aromatic rings. The zero-order valence-corrected chi connectivity index (χ0v) is 38.3. The fourth-order valence-corrected chi connectivity index (χ4v) is 7.40. The molecule has 9 nitrogen and oxygen atoms in total. The number of carboxylic acids is 1. The van der Waals surface area contributed by atoms with Gasteiger partial charge in [-0.05, 0) is 64.2 Å². The maximum atomic E-state index is 12.8. The van der Waals surface area contributed by atoms with Crippen LogP contribution in [0.3, 0.4) is 0 Å². The van der Waals surface area contributed by atoms with Gasteiger partial charge in [0.25, 0.3) is 0 Å². The number of aliphatic hydroxyl groups excluding tert-OH is 1. The third-order valence-corrected chi connectivity index (χ3v) is 11.2. The number of amides is 2. The van der Waals surface area contributed by atoms with Crippen LogP contribution < -0.4 is 10.6 Å². The number of carbonyl (C=O) groups is 4. The minimum atomic E-state index is -1.38. The topological polar surface area (TPSA) is 142 Å². The number of carboxylic acid groups (broad SMARTS) is 1. The first kappa shape index (κ1) is 56.3. The van der Waals surface area contributed by atoms with Crippen LogP contribution in [-0.4, -0.2) is 59.3 Å². The van der Waals surface area contributed by atoms with Crippen LogP contribution >= 0.6 is 0 Å². The standard InChI is InChI=1S/C50H92N2O7/c1-3-5-7-9-11-13-15-16-17-18-19-20-21-22-23-25-27-29-34-38-42-49(56)59-45(39-35-31-28-26-24-14-12-10-8-6-4-2)40-36-32-30-33-37-41-47(54)51-43-48(55)52-46(44-53)50(57)58/h12,14,26,28,45-46,53H,3-11,13,15-25,27,29-44H2,1-2H3,(H,51,54)(H,52,55)(H,57,58)/b14-12-,28-26-. The second-order valence-electron chi connectivity index (χ2n) is 16.9. The second-order valence-corrected chi connectivity index (χ2v) is 16.9. The molecule has 0 radical (unpaired) electrons. The van der Waals surface area contributed by atoms with Gasteiger partial charge in [-0.25, -0.2) is 4.79 Å². The summed E-state index contributed by atoms with van der Waals surface area (Å²) in [7, 11) is 0. The van der Waals surface area contributed by atoms with E-state index in [0.29, 0.717) is 12.8 Å². The van der Waals surface area contributed by atoms with Gasteiger partial charge in [0.2, 0.25) is 11.8 Å². The Balaban J connectivity index is 4.22. The molecule has 0 spiro atoms. The van der Waals surface area contributed by atoms with E-state index in [2.05, 4.69) is 48.8 Å². The predicted octanol–water partition coefficient (Wildman–Crippen LogP) is 12.8. The van der Waals surface area contributed by atoms with Crippen LogP contribution in [0.25, 0.3) is 0 Å². The third-order valence-electron chi connectivity index (χ3n) is 11.2. The molecule has 2 atom stereocenters. The Morgan fingerprint density at radius 1 is 0.508 bits per heavy atom. The molecule has 59 heavy (non-hydrogen) atoms. The second kappa shape index (κ2) is 44.9. The van der Waals surface area contributed by atoms with Gasteiger partial charge in [-0.2, -0.15) is 0 Å². The summed E-state index contributed by atoms with van der Waals surface area (Å²) in [5.74, 6) is -2.31. The number of hydrogen-bond acceptors (Lipinski definition) is 6. The van der Waals surface area contributed by atoms with Crippen molar-refractivity contribution in [1.29, 1.82) is 0 Å². The lowest BCUT2D eigenvalue weighted by atomic mass is 10.0. The Bertz CT molecular complexity index is 1050. The molecular weight excluding hydrogens is 741 g/mol. The summed E-state index contributed by atoms with van der Waals surface area (Å²) >= 11 is 0. The number of unbranched alkanes of at least 4 members (excludes halogenated alkanes) is 27. The van der Waals surface area contributed by atoms with Crippen LogP contribution in [0.15, 0.2) is 24.3 Å². The van der Waals surface area contributed by atoms with Gasteiger partial charge in [0.05, 0.1) is 13.2 Å². The van der Waals surface area contributed by atoms with Gasteiger partial charge < -0.3 is 25.6 Å². The minimum absolute atomic E-state index is 0.0528. The van der Waals surface area contributed by atoms with E-state index in [1.807, 2.05) is 0 Å². The lowest BCUT2D eigenvalue weighted by Crippen LogP contribution is -2.47. The number of ether oxygens (including phenoxy) is 1. The summed E-state index contributed by atoms with van der Waals surface area (Å²) in [5.41, 5.74) is 0. The maximum absolute atomic E-state index is 12.8. The summed E-state index contributed by atoms with van der Waals surface area (Å²) in [5, 5.41) is 22.6. The van der Waals surface area contributed by atoms with Gasteiger partial charge in [0, 0.05) is 12.8 Å². The highest BCUT2D eigenvalue weighted by molar-refractivity contribution is 5.87. The lowest BCUT2D eigenvalue weighted by Gasteiger charge is -2.18. The molecule has 0 bridgehead atoms. The first-order chi connectivity index (χ1) is 28.8. The average molecular weight is 833 g/mol. The number of nitrogens with one attached hydrogen (secondary N) is 2. The molecule has 2 amide bonds.